The molecule has 0 saturated heterocycles. The summed E-state index contributed by atoms with van der Waals surface area (Å²) in [6, 6.07) is 6.65. The highest BCUT2D eigenvalue weighted by Crippen LogP contribution is 2.25. The van der Waals surface area contributed by atoms with Crippen LogP contribution in [0, 0.1) is 0 Å². The fourth-order valence-corrected chi connectivity index (χ4v) is 2.56. The van der Waals surface area contributed by atoms with Crippen molar-refractivity contribution in [1.82, 2.24) is 9.38 Å². The van der Waals surface area contributed by atoms with Gasteiger partial charge in [-0.15, -0.1) is 0 Å². The van der Waals surface area contributed by atoms with E-state index < -0.39 is 0 Å². The molecule has 2 aromatic heterocycles. The molecule has 2 heterocycles. The Morgan fingerprint density at radius 3 is 3.18 bits per heavy atom. The lowest BCUT2D eigenvalue weighted by Gasteiger charge is -2.15. The molecule has 0 amide bonds. The highest BCUT2D eigenvalue weighted by molar-refractivity contribution is 5.50. The van der Waals surface area contributed by atoms with Crippen molar-refractivity contribution in [1.29, 1.82) is 0 Å². The lowest BCUT2D eigenvalue weighted by Crippen LogP contribution is -2.18. The summed E-state index contributed by atoms with van der Waals surface area (Å²) in [7, 11) is 1.80. The lowest BCUT2D eigenvalue weighted by molar-refractivity contribution is 0.108. The minimum atomic E-state index is 0.412. The third-order valence-corrected chi connectivity index (χ3v) is 3.50. The summed E-state index contributed by atoms with van der Waals surface area (Å²) in [6.07, 6.45) is 7.63. The second-order valence-electron chi connectivity index (χ2n) is 4.58. The van der Waals surface area contributed by atoms with Gasteiger partial charge in [0.1, 0.15) is 11.5 Å². The molecule has 17 heavy (non-hydrogen) atoms. The Kier molecular flexibility index (Phi) is 2.73. The van der Waals surface area contributed by atoms with E-state index in [0.29, 0.717) is 12.1 Å². The quantitative estimate of drug-likeness (QED) is 0.881. The number of nitrogens with zero attached hydrogens (tertiary/aromatic N) is 2. The van der Waals surface area contributed by atoms with Crippen LogP contribution < -0.4 is 5.32 Å². The number of aromatic nitrogens is 2. The van der Waals surface area contributed by atoms with Crippen molar-refractivity contribution >= 4 is 11.5 Å². The topological polar surface area (TPSA) is 38.6 Å². The van der Waals surface area contributed by atoms with Crippen LogP contribution >= 0.6 is 0 Å². The van der Waals surface area contributed by atoms with Crippen LogP contribution in [-0.2, 0) is 4.74 Å². The monoisotopic (exact) mass is 231 g/mol. The van der Waals surface area contributed by atoms with Gasteiger partial charge in [0.15, 0.2) is 0 Å². The van der Waals surface area contributed by atoms with Gasteiger partial charge < -0.3 is 10.1 Å². The first-order valence-corrected chi connectivity index (χ1v) is 6.08. The van der Waals surface area contributed by atoms with Crippen molar-refractivity contribution < 1.29 is 4.74 Å². The predicted octanol–water partition coefficient (Wildman–Crippen LogP) is 2.31. The number of imidazole rings is 1. The molecular formula is C13H17N3O. The molecule has 0 spiro atoms. The van der Waals surface area contributed by atoms with Crippen LogP contribution in [-0.4, -0.2) is 28.6 Å². The van der Waals surface area contributed by atoms with E-state index in [1.165, 1.54) is 6.42 Å². The van der Waals surface area contributed by atoms with Gasteiger partial charge in [-0.25, -0.2) is 4.98 Å². The van der Waals surface area contributed by atoms with Gasteiger partial charge in [0.2, 0.25) is 0 Å². The second-order valence-corrected chi connectivity index (χ2v) is 4.58. The number of ether oxygens (including phenoxy) is 1. The fourth-order valence-electron chi connectivity index (χ4n) is 2.56. The van der Waals surface area contributed by atoms with E-state index in [4.69, 9.17) is 4.74 Å². The van der Waals surface area contributed by atoms with Crippen LogP contribution in [0.1, 0.15) is 19.3 Å². The molecule has 0 radical (unpaired) electrons. The van der Waals surface area contributed by atoms with Crippen molar-refractivity contribution in [3.05, 3.63) is 30.6 Å². The maximum Gasteiger partial charge on any atom is 0.138 e. The smallest absolute Gasteiger partial charge is 0.138 e. The van der Waals surface area contributed by atoms with Crippen LogP contribution in [0.5, 0.6) is 0 Å². The number of nitrogens with one attached hydrogen (secondary N) is 1. The number of anilines is 1. The van der Waals surface area contributed by atoms with E-state index in [0.717, 1.165) is 24.3 Å². The van der Waals surface area contributed by atoms with Crippen LogP contribution in [0.2, 0.25) is 0 Å². The molecule has 1 saturated carbocycles. The molecular weight excluding hydrogens is 214 g/mol. The number of methoxy groups -OCH3 is 1. The Labute approximate surface area is 101 Å². The lowest BCUT2D eigenvalue weighted by atomic mass is 10.2. The van der Waals surface area contributed by atoms with Gasteiger partial charge >= 0.3 is 0 Å². The molecule has 1 aliphatic rings. The van der Waals surface area contributed by atoms with Crippen molar-refractivity contribution in [3.63, 3.8) is 0 Å². The zero-order chi connectivity index (χ0) is 11.7. The number of hydrogen-bond donors (Lipinski definition) is 1. The van der Waals surface area contributed by atoms with Crippen molar-refractivity contribution in [3.8, 4) is 0 Å². The summed E-state index contributed by atoms with van der Waals surface area (Å²) < 4.78 is 7.48. The van der Waals surface area contributed by atoms with Gasteiger partial charge in [0, 0.05) is 25.5 Å². The fraction of sp³-hybridized carbons (Fsp3) is 0.462. The van der Waals surface area contributed by atoms with Crippen LogP contribution in [0.4, 0.5) is 5.82 Å². The van der Waals surface area contributed by atoms with Crippen LogP contribution in [0.25, 0.3) is 5.65 Å². The van der Waals surface area contributed by atoms with Gasteiger partial charge in [0.05, 0.1) is 6.10 Å². The maximum absolute atomic E-state index is 5.39. The Hall–Kier alpha value is -1.55. The maximum atomic E-state index is 5.39. The van der Waals surface area contributed by atoms with Gasteiger partial charge in [-0.3, -0.25) is 4.40 Å². The number of hydrogen-bond acceptors (Lipinski definition) is 3. The van der Waals surface area contributed by atoms with Gasteiger partial charge in [-0.05, 0) is 31.4 Å². The Morgan fingerprint density at radius 1 is 1.41 bits per heavy atom. The summed E-state index contributed by atoms with van der Waals surface area (Å²) in [6.45, 7) is 0. The largest absolute Gasteiger partial charge is 0.381 e. The third kappa shape index (κ3) is 2.00. The zero-order valence-corrected chi connectivity index (χ0v) is 9.97. The second kappa shape index (κ2) is 4.37. The van der Waals surface area contributed by atoms with Crippen molar-refractivity contribution in [2.75, 3.05) is 12.4 Å². The molecule has 0 aliphatic heterocycles. The summed E-state index contributed by atoms with van der Waals surface area (Å²) >= 11 is 0. The SMILES string of the molecule is COC1CCC(Nc2cccc3nccn23)C1. The van der Waals surface area contributed by atoms with E-state index in [1.54, 1.807) is 7.11 Å². The molecule has 4 heteroatoms. The van der Waals surface area contributed by atoms with E-state index in [9.17, 15) is 0 Å². The molecule has 1 fully saturated rings. The van der Waals surface area contributed by atoms with Gasteiger partial charge in [-0.2, -0.15) is 0 Å². The van der Waals surface area contributed by atoms with Crippen molar-refractivity contribution in [2.45, 2.75) is 31.4 Å². The normalized spacial score (nSPS) is 24.3. The number of pyridine rings is 1. The standard InChI is InChI=1S/C13H17N3O/c1-17-11-6-5-10(9-11)15-13-4-2-3-12-14-7-8-16(12)13/h2-4,7-8,10-11,15H,5-6,9H2,1H3. The third-order valence-electron chi connectivity index (χ3n) is 3.50. The van der Waals surface area contributed by atoms with Gasteiger partial charge in [-0.1, -0.05) is 6.07 Å². The Morgan fingerprint density at radius 2 is 2.35 bits per heavy atom. The first-order chi connectivity index (χ1) is 8.36. The van der Waals surface area contributed by atoms with Crippen LogP contribution in [0.3, 0.4) is 0 Å². The number of fused-ring (bicyclic) bond motifs is 1. The van der Waals surface area contributed by atoms with Gasteiger partial charge in [0.25, 0.3) is 0 Å². The first-order valence-electron chi connectivity index (χ1n) is 6.08. The molecule has 1 aliphatic carbocycles. The summed E-state index contributed by atoms with van der Waals surface area (Å²) in [5.41, 5.74) is 0.983. The minimum Gasteiger partial charge on any atom is -0.381 e. The van der Waals surface area contributed by atoms with E-state index >= 15 is 0 Å². The van der Waals surface area contributed by atoms with Crippen LogP contribution in [0.15, 0.2) is 30.6 Å². The van der Waals surface area contributed by atoms with E-state index in [1.807, 2.05) is 24.5 Å². The predicted molar refractivity (Wildman–Crippen MR) is 67.3 cm³/mol. The Balaban J connectivity index is 1.79. The average Bonchev–Trinajstić information content (AvgIpc) is 2.97. The molecule has 2 unspecified atom stereocenters. The van der Waals surface area contributed by atoms with E-state index in [-0.39, 0.29) is 0 Å². The molecule has 0 aromatic carbocycles. The molecule has 90 valence electrons. The molecule has 1 N–H and O–H groups in total. The molecule has 2 atom stereocenters. The highest BCUT2D eigenvalue weighted by atomic mass is 16.5. The van der Waals surface area contributed by atoms with E-state index in [2.05, 4.69) is 20.8 Å². The summed E-state index contributed by atoms with van der Waals surface area (Å²) in [5.74, 6) is 1.11. The summed E-state index contributed by atoms with van der Waals surface area (Å²) in [4.78, 5) is 4.28. The number of rotatable bonds is 3. The first kappa shape index (κ1) is 10.6. The zero-order valence-electron chi connectivity index (χ0n) is 9.97. The minimum absolute atomic E-state index is 0.412. The Bertz CT molecular complexity index is 508. The average molecular weight is 231 g/mol. The summed E-state index contributed by atoms with van der Waals surface area (Å²) in [5, 5.41) is 3.58. The molecule has 3 rings (SSSR count). The molecule has 0 bridgehead atoms. The van der Waals surface area contributed by atoms with Crippen molar-refractivity contribution in [2.24, 2.45) is 0 Å². The molecule has 4 nitrogen and oxygen atoms in total. The molecule has 2 aromatic rings. The highest BCUT2D eigenvalue weighted by Gasteiger charge is 2.24.